The minimum Gasteiger partial charge on any atom is -0.467 e. The smallest absolute Gasteiger partial charge is 0.341 e. The van der Waals surface area contributed by atoms with Crippen molar-refractivity contribution in [2.24, 2.45) is 5.92 Å². The van der Waals surface area contributed by atoms with Crippen LogP contribution in [0.5, 0.6) is 0 Å². The Morgan fingerprint density at radius 2 is 2.11 bits per heavy atom. The Hall–Kier alpha value is -1.35. The Kier molecular flexibility index (Phi) is 2.33. The molecule has 1 aromatic carbocycles. The van der Waals surface area contributed by atoms with Crippen molar-refractivity contribution >= 4 is 5.97 Å². The number of benzene rings is 1. The predicted octanol–water partition coefficient (Wildman–Crippen LogP) is 2.43. The second-order valence-corrected chi connectivity index (χ2v) is 5.47. The Morgan fingerprint density at radius 3 is 2.78 bits per heavy atom. The molecule has 2 aliphatic rings. The molecule has 1 saturated heterocycles. The molecule has 0 radical (unpaired) electrons. The van der Waals surface area contributed by atoms with Crippen molar-refractivity contribution in [3.8, 4) is 0 Å². The Balaban J connectivity index is 2.08. The zero-order valence-electron chi connectivity index (χ0n) is 11.0. The Morgan fingerprint density at radius 1 is 1.39 bits per heavy atom. The van der Waals surface area contributed by atoms with Crippen LogP contribution in [0.3, 0.4) is 0 Å². The molecule has 2 unspecified atom stereocenters. The summed E-state index contributed by atoms with van der Waals surface area (Å²) in [5.41, 5.74) is 1.24. The van der Waals surface area contributed by atoms with Gasteiger partial charge in [0.1, 0.15) is 5.60 Å². The molecule has 1 heterocycles. The van der Waals surface area contributed by atoms with Gasteiger partial charge in [-0.3, -0.25) is 0 Å². The Labute approximate surface area is 107 Å². The predicted molar refractivity (Wildman–Crippen MR) is 67.1 cm³/mol. The van der Waals surface area contributed by atoms with Crippen LogP contribution >= 0.6 is 0 Å². The van der Waals surface area contributed by atoms with Crippen molar-refractivity contribution in [2.75, 3.05) is 7.11 Å². The highest BCUT2D eigenvalue weighted by Crippen LogP contribution is 2.65. The zero-order valence-corrected chi connectivity index (χ0v) is 11.0. The molecule has 0 bridgehead atoms. The topological polar surface area (TPSA) is 38.8 Å². The molecule has 1 aromatic rings. The largest absolute Gasteiger partial charge is 0.467 e. The molecule has 3 nitrogen and oxygen atoms in total. The highest BCUT2D eigenvalue weighted by molar-refractivity contribution is 5.86. The second-order valence-electron chi connectivity index (χ2n) is 5.47. The van der Waals surface area contributed by atoms with Gasteiger partial charge in [-0.2, -0.15) is 0 Å². The van der Waals surface area contributed by atoms with Crippen molar-refractivity contribution in [3.05, 3.63) is 35.4 Å². The first-order valence-corrected chi connectivity index (χ1v) is 6.45. The number of epoxide rings is 1. The van der Waals surface area contributed by atoms with Crippen LogP contribution in [-0.2, 0) is 26.3 Å². The van der Waals surface area contributed by atoms with Gasteiger partial charge in [-0.15, -0.1) is 0 Å². The summed E-state index contributed by atoms with van der Waals surface area (Å²) in [4.78, 5) is 12.2. The van der Waals surface area contributed by atoms with Gasteiger partial charge in [0.15, 0.2) is 0 Å². The molecule has 0 saturated carbocycles. The van der Waals surface area contributed by atoms with E-state index in [-0.39, 0.29) is 11.9 Å². The molecule has 0 aromatic heterocycles. The van der Waals surface area contributed by atoms with Crippen LogP contribution in [0.4, 0.5) is 0 Å². The molecule has 1 fully saturated rings. The fourth-order valence-corrected chi connectivity index (χ4v) is 3.50. The van der Waals surface area contributed by atoms with Crippen molar-refractivity contribution in [1.29, 1.82) is 0 Å². The van der Waals surface area contributed by atoms with E-state index in [2.05, 4.69) is 12.1 Å². The van der Waals surface area contributed by atoms with Crippen molar-refractivity contribution in [2.45, 2.75) is 37.9 Å². The van der Waals surface area contributed by atoms with Gasteiger partial charge < -0.3 is 9.47 Å². The third kappa shape index (κ3) is 1.15. The monoisotopic (exact) mass is 246 g/mol. The van der Waals surface area contributed by atoms with Crippen LogP contribution in [0.15, 0.2) is 24.3 Å². The van der Waals surface area contributed by atoms with E-state index in [4.69, 9.17) is 9.47 Å². The van der Waals surface area contributed by atoms with Crippen LogP contribution < -0.4 is 0 Å². The van der Waals surface area contributed by atoms with Gasteiger partial charge in [0, 0.05) is 0 Å². The fraction of sp³-hybridized carbons (Fsp3) is 0.533. The molecule has 1 aliphatic heterocycles. The van der Waals surface area contributed by atoms with Gasteiger partial charge in [0.25, 0.3) is 0 Å². The number of hydrogen-bond donors (Lipinski definition) is 0. The van der Waals surface area contributed by atoms with E-state index in [0.717, 1.165) is 12.8 Å². The molecule has 1 spiro atoms. The summed E-state index contributed by atoms with van der Waals surface area (Å²) in [6.45, 7) is 4.04. The van der Waals surface area contributed by atoms with Crippen LogP contribution in [0.2, 0.25) is 0 Å². The van der Waals surface area contributed by atoms with Gasteiger partial charge in [-0.1, -0.05) is 38.1 Å². The molecule has 2 atom stereocenters. The first kappa shape index (κ1) is 11.7. The number of fused-ring (bicyclic) bond motifs is 2. The summed E-state index contributed by atoms with van der Waals surface area (Å²) < 4.78 is 11.0. The number of rotatable bonds is 2. The third-order valence-corrected chi connectivity index (χ3v) is 4.39. The van der Waals surface area contributed by atoms with Gasteiger partial charge >= 0.3 is 5.97 Å². The lowest BCUT2D eigenvalue weighted by atomic mass is 9.80. The number of carbonyl (C=O) groups excluding carboxylic acids is 1. The molecule has 0 N–H and O–H groups in total. The van der Waals surface area contributed by atoms with E-state index in [0.29, 0.717) is 0 Å². The van der Waals surface area contributed by atoms with Crippen molar-refractivity contribution in [3.63, 3.8) is 0 Å². The van der Waals surface area contributed by atoms with E-state index in [9.17, 15) is 4.79 Å². The van der Waals surface area contributed by atoms with Crippen LogP contribution in [0, 0.1) is 5.92 Å². The summed E-state index contributed by atoms with van der Waals surface area (Å²) in [6, 6.07) is 8.24. The molecule has 0 amide bonds. The van der Waals surface area contributed by atoms with E-state index in [1.807, 2.05) is 26.0 Å². The standard InChI is InChI=1S/C15H18O3/c1-10(2)15(13(16)17-3)14(18-15)9-8-11-6-4-5-7-12(11)14/h4-7,10H,8-9H2,1-3H3. The van der Waals surface area contributed by atoms with Gasteiger partial charge in [0.2, 0.25) is 5.60 Å². The van der Waals surface area contributed by atoms with Gasteiger partial charge in [-0.05, 0) is 29.9 Å². The lowest BCUT2D eigenvalue weighted by Gasteiger charge is -2.18. The van der Waals surface area contributed by atoms with Crippen LogP contribution in [-0.4, -0.2) is 18.7 Å². The minimum atomic E-state index is -0.783. The molecule has 3 rings (SSSR count). The first-order chi connectivity index (χ1) is 8.58. The number of hydrogen-bond acceptors (Lipinski definition) is 3. The van der Waals surface area contributed by atoms with E-state index in [1.165, 1.54) is 18.2 Å². The fourth-order valence-electron chi connectivity index (χ4n) is 3.50. The summed E-state index contributed by atoms with van der Waals surface area (Å²) in [5.74, 6) is -0.134. The van der Waals surface area contributed by atoms with E-state index < -0.39 is 11.2 Å². The van der Waals surface area contributed by atoms with Crippen LogP contribution in [0.25, 0.3) is 0 Å². The minimum absolute atomic E-state index is 0.108. The zero-order chi connectivity index (χ0) is 13.0. The van der Waals surface area contributed by atoms with E-state index in [1.54, 1.807) is 0 Å². The van der Waals surface area contributed by atoms with Crippen molar-refractivity contribution in [1.82, 2.24) is 0 Å². The van der Waals surface area contributed by atoms with Gasteiger partial charge in [0.05, 0.1) is 7.11 Å². The Bertz CT molecular complexity index is 508. The van der Waals surface area contributed by atoms with E-state index >= 15 is 0 Å². The highest BCUT2D eigenvalue weighted by Gasteiger charge is 2.78. The molecule has 1 aliphatic carbocycles. The number of aryl methyl sites for hydroxylation is 1. The average Bonchev–Trinajstić information content (AvgIpc) is 2.94. The van der Waals surface area contributed by atoms with Crippen LogP contribution in [0.1, 0.15) is 31.4 Å². The number of ether oxygens (including phenoxy) is 2. The molecule has 18 heavy (non-hydrogen) atoms. The summed E-state index contributed by atoms with van der Waals surface area (Å²) in [5, 5.41) is 0. The molecule has 96 valence electrons. The second kappa shape index (κ2) is 3.58. The molecular formula is C15H18O3. The maximum absolute atomic E-state index is 12.2. The van der Waals surface area contributed by atoms with Crippen molar-refractivity contribution < 1.29 is 14.3 Å². The maximum Gasteiger partial charge on any atom is 0.341 e. The highest BCUT2D eigenvalue weighted by atomic mass is 16.7. The number of esters is 1. The SMILES string of the molecule is COC(=O)C1(C(C)C)OC12CCc1ccccc12. The quantitative estimate of drug-likeness (QED) is 0.594. The molecular weight excluding hydrogens is 228 g/mol. The number of methoxy groups -OCH3 is 1. The lowest BCUT2D eigenvalue weighted by molar-refractivity contribution is -0.148. The maximum atomic E-state index is 12.2. The number of carbonyl (C=O) groups is 1. The average molecular weight is 246 g/mol. The summed E-state index contributed by atoms with van der Waals surface area (Å²) >= 11 is 0. The summed E-state index contributed by atoms with van der Waals surface area (Å²) in [7, 11) is 1.43. The normalized spacial score (nSPS) is 32.7. The van der Waals surface area contributed by atoms with Gasteiger partial charge in [-0.25, -0.2) is 4.79 Å². The third-order valence-electron chi connectivity index (χ3n) is 4.39. The lowest BCUT2D eigenvalue weighted by Crippen LogP contribution is -2.38. The molecule has 3 heteroatoms. The first-order valence-electron chi connectivity index (χ1n) is 6.45. The summed E-state index contributed by atoms with van der Waals surface area (Å²) in [6.07, 6.45) is 1.85.